The molecule has 0 spiro atoms. The van der Waals surface area contributed by atoms with Crippen LogP contribution >= 0.6 is 11.6 Å². The lowest BCUT2D eigenvalue weighted by Gasteiger charge is -2.13. The second-order valence-electron chi connectivity index (χ2n) is 5.21. The fourth-order valence-electron chi connectivity index (χ4n) is 2.20. The highest BCUT2D eigenvalue weighted by molar-refractivity contribution is 6.31. The molecular weight excluding hydrogens is 359 g/mol. The highest BCUT2D eigenvalue weighted by atomic mass is 35.5. The average Bonchev–Trinajstić information content (AvgIpc) is 3.15. The summed E-state index contributed by atoms with van der Waals surface area (Å²) in [6.45, 7) is 2.33. The van der Waals surface area contributed by atoms with Crippen molar-refractivity contribution in [3.8, 4) is 11.5 Å². The van der Waals surface area contributed by atoms with Gasteiger partial charge in [-0.15, -0.1) is 10.2 Å². The maximum absolute atomic E-state index is 13.9. The van der Waals surface area contributed by atoms with Gasteiger partial charge in [0.2, 0.25) is 0 Å². The van der Waals surface area contributed by atoms with Crippen LogP contribution in [0.5, 0.6) is 11.5 Å². The molecule has 0 amide bonds. The number of hydrogen-bond donors (Lipinski definition) is 0. The standard InChI is InChI=1S/C18H16ClFN4O2/c1-2-25-18-8-13(9-23-24-11-21-22-12-24)6-7-17(18)26-10-14-15(19)4-3-5-16(14)20/h3-9,11-12H,2,10H2,1H3/b23-9-. The van der Waals surface area contributed by atoms with E-state index in [4.69, 9.17) is 21.1 Å². The molecule has 0 aliphatic carbocycles. The van der Waals surface area contributed by atoms with Crippen LogP contribution in [-0.4, -0.2) is 27.7 Å². The summed E-state index contributed by atoms with van der Waals surface area (Å²) in [5.41, 5.74) is 1.10. The molecule has 0 radical (unpaired) electrons. The Bertz CT molecular complexity index is 880. The lowest BCUT2D eigenvalue weighted by molar-refractivity contribution is 0.266. The summed E-state index contributed by atoms with van der Waals surface area (Å²) in [5.74, 6) is 0.619. The molecule has 3 rings (SSSR count). The second kappa shape index (κ2) is 8.44. The number of rotatable bonds is 7. The number of halogens is 2. The Hall–Kier alpha value is -2.93. The van der Waals surface area contributed by atoms with Crippen LogP contribution in [0, 0.1) is 5.82 Å². The lowest BCUT2D eigenvalue weighted by atomic mass is 10.2. The van der Waals surface area contributed by atoms with E-state index in [2.05, 4.69) is 15.3 Å². The Morgan fingerprint density at radius 2 is 1.96 bits per heavy atom. The van der Waals surface area contributed by atoms with Crippen molar-refractivity contribution in [2.45, 2.75) is 13.5 Å². The first-order valence-corrected chi connectivity index (χ1v) is 8.26. The van der Waals surface area contributed by atoms with Crippen molar-refractivity contribution in [1.82, 2.24) is 14.9 Å². The van der Waals surface area contributed by atoms with Crippen molar-refractivity contribution in [2.24, 2.45) is 5.10 Å². The first kappa shape index (κ1) is 17.9. The molecule has 0 saturated heterocycles. The maximum atomic E-state index is 13.9. The highest BCUT2D eigenvalue weighted by Gasteiger charge is 2.11. The molecule has 1 heterocycles. The van der Waals surface area contributed by atoms with Crippen molar-refractivity contribution < 1.29 is 13.9 Å². The summed E-state index contributed by atoms with van der Waals surface area (Å²) < 4.78 is 26.7. The molecule has 2 aromatic carbocycles. The molecule has 0 aliphatic heterocycles. The van der Waals surface area contributed by atoms with Crippen molar-refractivity contribution in [3.63, 3.8) is 0 Å². The fourth-order valence-corrected chi connectivity index (χ4v) is 2.42. The van der Waals surface area contributed by atoms with Gasteiger partial charge in [-0.05, 0) is 42.8 Å². The van der Waals surface area contributed by atoms with Gasteiger partial charge in [-0.3, -0.25) is 0 Å². The zero-order valence-corrected chi connectivity index (χ0v) is 14.7. The summed E-state index contributed by atoms with van der Waals surface area (Å²) in [5, 5.41) is 11.9. The van der Waals surface area contributed by atoms with Crippen LogP contribution < -0.4 is 9.47 Å². The zero-order chi connectivity index (χ0) is 18.4. The number of hydrogen-bond acceptors (Lipinski definition) is 5. The average molecular weight is 375 g/mol. The van der Waals surface area contributed by atoms with Crippen LogP contribution in [0.3, 0.4) is 0 Å². The van der Waals surface area contributed by atoms with Gasteiger partial charge in [0.1, 0.15) is 25.1 Å². The smallest absolute Gasteiger partial charge is 0.161 e. The minimum atomic E-state index is -0.409. The number of benzene rings is 2. The highest BCUT2D eigenvalue weighted by Crippen LogP contribution is 2.30. The Kier molecular flexibility index (Phi) is 5.80. The molecule has 0 unspecified atom stereocenters. The van der Waals surface area contributed by atoms with Crippen LogP contribution in [0.25, 0.3) is 0 Å². The van der Waals surface area contributed by atoms with E-state index in [-0.39, 0.29) is 6.61 Å². The molecule has 26 heavy (non-hydrogen) atoms. The van der Waals surface area contributed by atoms with Gasteiger partial charge in [0, 0.05) is 5.56 Å². The molecule has 0 N–H and O–H groups in total. The normalized spacial score (nSPS) is 11.0. The van der Waals surface area contributed by atoms with Gasteiger partial charge in [0.15, 0.2) is 11.5 Å². The lowest BCUT2D eigenvalue weighted by Crippen LogP contribution is -2.02. The number of nitrogens with zero attached hydrogens (tertiary/aromatic N) is 4. The number of aromatic nitrogens is 3. The van der Waals surface area contributed by atoms with Crippen molar-refractivity contribution in [3.05, 3.63) is 71.0 Å². The SMILES string of the molecule is CCOc1cc(/C=N\n2cnnc2)ccc1OCc1c(F)cccc1Cl. The summed E-state index contributed by atoms with van der Waals surface area (Å²) in [6.07, 6.45) is 4.61. The second-order valence-corrected chi connectivity index (χ2v) is 5.62. The Morgan fingerprint density at radius 3 is 2.69 bits per heavy atom. The summed E-state index contributed by atoms with van der Waals surface area (Å²) >= 11 is 6.03. The van der Waals surface area contributed by atoms with Gasteiger partial charge in [-0.25, -0.2) is 9.07 Å². The van der Waals surface area contributed by atoms with Crippen LogP contribution in [0.15, 0.2) is 54.2 Å². The molecule has 0 atom stereocenters. The first-order chi connectivity index (χ1) is 12.7. The van der Waals surface area contributed by atoms with Gasteiger partial charge in [-0.1, -0.05) is 17.7 Å². The van der Waals surface area contributed by atoms with E-state index in [1.807, 2.05) is 13.0 Å². The van der Waals surface area contributed by atoms with E-state index >= 15 is 0 Å². The first-order valence-electron chi connectivity index (χ1n) is 7.89. The third-order valence-corrected chi connectivity index (χ3v) is 3.80. The van der Waals surface area contributed by atoms with E-state index in [1.54, 1.807) is 30.5 Å². The molecule has 3 aromatic rings. The Morgan fingerprint density at radius 1 is 1.15 bits per heavy atom. The van der Waals surface area contributed by atoms with Crippen molar-refractivity contribution in [1.29, 1.82) is 0 Å². The Labute approximate surface area is 154 Å². The molecule has 8 heteroatoms. The third kappa shape index (κ3) is 4.37. The van der Waals surface area contributed by atoms with Crippen molar-refractivity contribution in [2.75, 3.05) is 6.61 Å². The van der Waals surface area contributed by atoms with Gasteiger partial charge >= 0.3 is 0 Å². The maximum Gasteiger partial charge on any atom is 0.161 e. The number of ether oxygens (including phenoxy) is 2. The van der Waals surface area contributed by atoms with Gasteiger partial charge < -0.3 is 9.47 Å². The monoisotopic (exact) mass is 374 g/mol. The fraction of sp³-hybridized carbons (Fsp3) is 0.167. The Balaban J connectivity index is 1.78. The molecular formula is C18H16ClFN4O2. The van der Waals surface area contributed by atoms with Gasteiger partial charge in [-0.2, -0.15) is 5.10 Å². The zero-order valence-electron chi connectivity index (χ0n) is 14.0. The van der Waals surface area contributed by atoms with E-state index in [0.717, 1.165) is 5.56 Å². The van der Waals surface area contributed by atoms with Crippen LogP contribution in [0.1, 0.15) is 18.1 Å². The van der Waals surface area contributed by atoms with Crippen LogP contribution in [0.2, 0.25) is 5.02 Å². The summed E-state index contributed by atoms with van der Waals surface area (Å²) in [7, 11) is 0. The van der Waals surface area contributed by atoms with Gasteiger partial charge in [0.05, 0.1) is 17.8 Å². The van der Waals surface area contributed by atoms with Crippen LogP contribution in [-0.2, 0) is 6.61 Å². The predicted octanol–water partition coefficient (Wildman–Crippen LogP) is 3.93. The molecule has 0 fully saturated rings. The minimum absolute atomic E-state index is 0.000275. The summed E-state index contributed by atoms with van der Waals surface area (Å²) in [6, 6.07) is 9.87. The summed E-state index contributed by atoms with van der Waals surface area (Å²) in [4.78, 5) is 0. The van der Waals surface area contributed by atoms with E-state index in [1.165, 1.54) is 23.4 Å². The topological polar surface area (TPSA) is 61.5 Å². The quantitative estimate of drug-likeness (QED) is 0.588. The van der Waals surface area contributed by atoms with E-state index < -0.39 is 5.82 Å². The van der Waals surface area contributed by atoms with E-state index in [9.17, 15) is 4.39 Å². The largest absolute Gasteiger partial charge is 0.490 e. The predicted molar refractivity (Wildman–Crippen MR) is 96.4 cm³/mol. The molecule has 0 saturated carbocycles. The molecule has 134 valence electrons. The van der Waals surface area contributed by atoms with Crippen molar-refractivity contribution >= 4 is 17.8 Å². The van der Waals surface area contributed by atoms with Gasteiger partial charge in [0.25, 0.3) is 0 Å². The van der Waals surface area contributed by atoms with E-state index in [0.29, 0.717) is 28.7 Å². The molecule has 6 nitrogen and oxygen atoms in total. The molecule has 0 bridgehead atoms. The molecule has 1 aromatic heterocycles. The molecule has 0 aliphatic rings. The van der Waals surface area contributed by atoms with Crippen LogP contribution in [0.4, 0.5) is 4.39 Å². The minimum Gasteiger partial charge on any atom is -0.490 e. The third-order valence-electron chi connectivity index (χ3n) is 3.45.